The molecule has 3 N–H and O–H groups in total. The summed E-state index contributed by atoms with van der Waals surface area (Å²) in [5.74, 6) is -2.60. The second-order valence-corrected chi connectivity index (χ2v) is 5.83. The first-order valence-corrected chi connectivity index (χ1v) is 7.58. The maximum atomic E-state index is 14.0. The number of rotatable bonds is 6. The fraction of sp³-hybridized carbons (Fsp3) is 0.222. The molecule has 0 spiro atoms. The van der Waals surface area contributed by atoms with Crippen LogP contribution >= 0.6 is 0 Å². The van der Waals surface area contributed by atoms with E-state index in [9.17, 15) is 18.4 Å². The Hall–Kier alpha value is -2.80. The summed E-state index contributed by atoms with van der Waals surface area (Å²) in [6.45, 7) is 0. The third-order valence-electron chi connectivity index (χ3n) is 3.64. The lowest BCUT2D eigenvalue weighted by molar-refractivity contribution is -0.121. The number of halogens is 2. The molecule has 0 heterocycles. The van der Waals surface area contributed by atoms with Crippen LogP contribution < -0.4 is 11.1 Å². The second-order valence-electron chi connectivity index (χ2n) is 5.83. The minimum Gasteiger partial charge on any atom is -0.369 e. The maximum absolute atomic E-state index is 14.0. The molecule has 0 aliphatic rings. The summed E-state index contributed by atoms with van der Waals surface area (Å²) in [7, 11) is 3.12. The Morgan fingerprint density at radius 1 is 1.08 bits per heavy atom. The summed E-state index contributed by atoms with van der Waals surface area (Å²) < 4.78 is 28.1. The smallest absolute Gasteiger partial charge is 0.246 e. The zero-order valence-electron chi connectivity index (χ0n) is 13.9. The molecule has 0 aromatic heterocycles. The first-order chi connectivity index (χ1) is 11.8. The molecule has 0 aliphatic heterocycles. The summed E-state index contributed by atoms with van der Waals surface area (Å²) in [4.78, 5) is 24.9. The molecule has 2 rings (SSSR count). The number of likely N-dealkylation sites (N-methyl/N-ethyl adjacent to an activating group) is 1. The molecule has 0 bridgehead atoms. The van der Waals surface area contributed by atoms with Crippen molar-refractivity contribution in [3.63, 3.8) is 0 Å². The Morgan fingerprint density at radius 3 is 2.12 bits per heavy atom. The lowest BCUT2D eigenvalue weighted by Gasteiger charge is -2.24. The number of hydrogen-bond acceptors (Lipinski definition) is 3. The van der Waals surface area contributed by atoms with Crippen LogP contribution in [-0.2, 0) is 16.0 Å². The number of anilines is 1. The van der Waals surface area contributed by atoms with Crippen LogP contribution in [0.25, 0.3) is 0 Å². The molecule has 0 aliphatic carbocycles. The number of nitrogens with zero attached hydrogens (tertiary/aromatic N) is 1. The molecule has 0 unspecified atom stereocenters. The molecular weight excluding hydrogens is 328 g/mol. The van der Waals surface area contributed by atoms with Crippen molar-refractivity contribution in [3.05, 3.63) is 65.2 Å². The Bertz CT molecular complexity index is 756. The van der Waals surface area contributed by atoms with E-state index in [2.05, 4.69) is 5.32 Å². The Kier molecular flexibility index (Phi) is 5.82. The van der Waals surface area contributed by atoms with Crippen LogP contribution in [0.1, 0.15) is 17.2 Å². The van der Waals surface area contributed by atoms with Crippen molar-refractivity contribution >= 4 is 17.5 Å². The van der Waals surface area contributed by atoms with Gasteiger partial charge in [-0.2, -0.15) is 0 Å². The minimum atomic E-state index is -1.13. The highest BCUT2D eigenvalue weighted by Gasteiger charge is 2.29. The van der Waals surface area contributed by atoms with E-state index in [0.717, 1.165) is 12.1 Å². The van der Waals surface area contributed by atoms with Gasteiger partial charge in [-0.05, 0) is 43.9 Å². The molecule has 0 radical (unpaired) electrons. The second kappa shape index (κ2) is 7.85. The highest BCUT2D eigenvalue weighted by molar-refractivity contribution is 5.95. The molecule has 5 nitrogen and oxygen atoms in total. The van der Waals surface area contributed by atoms with Gasteiger partial charge in [0.15, 0.2) is 0 Å². The topological polar surface area (TPSA) is 75.4 Å². The molecule has 0 saturated heterocycles. The molecule has 132 valence electrons. The van der Waals surface area contributed by atoms with E-state index >= 15 is 0 Å². The van der Waals surface area contributed by atoms with Crippen molar-refractivity contribution < 1.29 is 18.4 Å². The van der Waals surface area contributed by atoms with Crippen LogP contribution in [0.15, 0.2) is 42.5 Å². The molecule has 2 aromatic carbocycles. The lowest BCUT2D eigenvalue weighted by Crippen LogP contribution is -2.33. The standard InChI is InChI=1S/C18H19F2N3O2/c1-23(2)17(16-13(19)4-3-5-14(16)20)18(25)22-12-8-6-11(7-9-12)10-15(21)24/h3-9,17H,10H2,1-2H3,(H2,21,24)(H,22,25)/t17-/m0/s1. The fourth-order valence-corrected chi connectivity index (χ4v) is 2.51. The maximum Gasteiger partial charge on any atom is 0.246 e. The van der Waals surface area contributed by atoms with Crippen LogP contribution in [0, 0.1) is 11.6 Å². The van der Waals surface area contributed by atoms with Crippen molar-refractivity contribution in [1.29, 1.82) is 0 Å². The third-order valence-corrected chi connectivity index (χ3v) is 3.64. The zero-order chi connectivity index (χ0) is 18.6. The molecule has 2 amide bonds. The number of benzene rings is 2. The van der Waals surface area contributed by atoms with Crippen molar-refractivity contribution in [2.75, 3.05) is 19.4 Å². The van der Waals surface area contributed by atoms with Crippen molar-refractivity contribution in [1.82, 2.24) is 4.90 Å². The van der Waals surface area contributed by atoms with Gasteiger partial charge in [0, 0.05) is 5.69 Å². The van der Waals surface area contributed by atoms with Crippen molar-refractivity contribution in [2.24, 2.45) is 5.73 Å². The number of carbonyl (C=O) groups excluding carboxylic acids is 2. The van der Waals surface area contributed by atoms with E-state index in [4.69, 9.17) is 5.73 Å². The van der Waals surface area contributed by atoms with E-state index in [1.54, 1.807) is 38.4 Å². The Balaban J connectivity index is 2.23. The van der Waals surface area contributed by atoms with Crippen molar-refractivity contribution in [3.8, 4) is 0 Å². The van der Waals surface area contributed by atoms with E-state index in [0.29, 0.717) is 11.3 Å². The summed E-state index contributed by atoms with van der Waals surface area (Å²) in [5, 5.41) is 2.63. The van der Waals surface area contributed by atoms with Crippen LogP contribution in [-0.4, -0.2) is 30.8 Å². The fourth-order valence-electron chi connectivity index (χ4n) is 2.51. The van der Waals surface area contributed by atoms with Gasteiger partial charge in [-0.3, -0.25) is 14.5 Å². The van der Waals surface area contributed by atoms with Crippen molar-refractivity contribution in [2.45, 2.75) is 12.5 Å². The normalized spacial score (nSPS) is 12.0. The Morgan fingerprint density at radius 2 is 1.64 bits per heavy atom. The van der Waals surface area contributed by atoms with Gasteiger partial charge in [0.1, 0.15) is 17.7 Å². The minimum absolute atomic E-state index is 0.0922. The molecule has 0 fully saturated rings. The third kappa shape index (κ3) is 4.60. The number of primary amides is 1. The highest BCUT2D eigenvalue weighted by atomic mass is 19.1. The number of carbonyl (C=O) groups is 2. The van der Waals surface area contributed by atoms with E-state index in [-0.39, 0.29) is 12.0 Å². The first-order valence-electron chi connectivity index (χ1n) is 7.58. The first kappa shape index (κ1) is 18.5. The summed E-state index contributed by atoms with van der Waals surface area (Å²) in [6, 6.07) is 8.83. The monoisotopic (exact) mass is 347 g/mol. The number of nitrogens with one attached hydrogen (secondary N) is 1. The van der Waals surface area contributed by atoms with Gasteiger partial charge in [0.2, 0.25) is 11.8 Å². The number of amides is 2. The quantitative estimate of drug-likeness (QED) is 0.841. The SMILES string of the molecule is CN(C)[C@H](C(=O)Nc1ccc(CC(N)=O)cc1)c1c(F)cccc1F. The van der Waals surface area contributed by atoms with Gasteiger partial charge in [0.25, 0.3) is 0 Å². The molecule has 1 atom stereocenters. The molecule has 0 saturated carbocycles. The average Bonchev–Trinajstić information content (AvgIpc) is 2.52. The van der Waals surface area contributed by atoms with Crippen LogP contribution in [0.4, 0.5) is 14.5 Å². The van der Waals surface area contributed by atoms with Crippen LogP contribution in [0.2, 0.25) is 0 Å². The molecule has 25 heavy (non-hydrogen) atoms. The largest absolute Gasteiger partial charge is 0.369 e. The highest BCUT2D eigenvalue weighted by Crippen LogP contribution is 2.26. The predicted molar refractivity (Wildman–Crippen MR) is 90.8 cm³/mol. The molecule has 2 aromatic rings. The van der Waals surface area contributed by atoms with Gasteiger partial charge in [-0.25, -0.2) is 8.78 Å². The van der Waals surface area contributed by atoms with Gasteiger partial charge < -0.3 is 11.1 Å². The Labute approximate surface area is 144 Å². The molecular formula is C18H19F2N3O2. The summed E-state index contributed by atoms with van der Waals surface area (Å²) in [6.07, 6.45) is 0.0922. The van der Waals surface area contributed by atoms with Crippen LogP contribution in [0.3, 0.4) is 0 Å². The molecule has 7 heteroatoms. The average molecular weight is 347 g/mol. The van der Waals surface area contributed by atoms with Gasteiger partial charge >= 0.3 is 0 Å². The van der Waals surface area contributed by atoms with Gasteiger partial charge in [-0.1, -0.05) is 18.2 Å². The summed E-state index contributed by atoms with van der Waals surface area (Å²) >= 11 is 0. The van der Waals surface area contributed by atoms with E-state index in [1.807, 2.05) is 0 Å². The van der Waals surface area contributed by atoms with E-state index in [1.165, 1.54) is 11.0 Å². The van der Waals surface area contributed by atoms with Gasteiger partial charge in [0.05, 0.1) is 12.0 Å². The number of hydrogen-bond donors (Lipinski definition) is 2. The van der Waals surface area contributed by atoms with Crippen LogP contribution in [0.5, 0.6) is 0 Å². The van der Waals surface area contributed by atoms with E-state index < -0.39 is 29.5 Å². The summed E-state index contributed by atoms with van der Waals surface area (Å²) in [5.41, 5.74) is 5.96. The lowest BCUT2D eigenvalue weighted by atomic mass is 10.0. The zero-order valence-corrected chi connectivity index (χ0v) is 13.9. The van der Waals surface area contributed by atoms with Gasteiger partial charge in [-0.15, -0.1) is 0 Å². The predicted octanol–water partition coefficient (Wildman–Crippen LogP) is 2.23. The number of nitrogens with two attached hydrogens (primary N) is 1.